The molecule has 0 radical (unpaired) electrons. The van der Waals surface area contributed by atoms with Gasteiger partial charge in [0.25, 0.3) is 0 Å². The van der Waals surface area contributed by atoms with E-state index in [2.05, 4.69) is 35.9 Å². The van der Waals surface area contributed by atoms with E-state index in [9.17, 15) is 14.4 Å². The van der Waals surface area contributed by atoms with Crippen molar-refractivity contribution in [1.29, 1.82) is 0 Å². The van der Waals surface area contributed by atoms with Crippen LogP contribution in [0.1, 0.15) is 69.4 Å². The molecule has 2 aliphatic rings. The van der Waals surface area contributed by atoms with Gasteiger partial charge in [-0.25, -0.2) is 4.98 Å². The number of amides is 1. The lowest BCUT2D eigenvalue weighted by Gasteiger charge is -2.32. The first-order chi connectivity index (χ1) is 20.4. The minimum absolute atomic E-state index is 0.0448. The van der Waals surface area contributed by atoms with Gasteiger partial charge in [0.05, 0.1) is 34.4 Å². The summed E-state index contributed by atoms with van der Waals surface area (Å²) in [4.78, 5) is 46.7. The number of carbonyl (C=O) groups is 3. The zero-order valence-corrected chi connectivity index (χ0v) is 26.1. The first kappa shape index (κ1) is 32.5. The summed E-state index contributed by atoms with van der Waals surface area (Å²) in [5.41, 5.74) is 2.80. The molecule has 1 N–H and O–H groups in total. The van der Waals surface area contributed by atoms with Crippen molar-refractivity contribution >= 4 is 39.0 Å². The molecule has 2 aromatic rings. The van der Waals surface area contributed by atoms with Crippen LogP contribution in [0.15, 0.2) is 30.4 Å². The number of hydrogen-bond acceptors (Lipinski definition) is 8. The van der Waals surface area contributed by atoms with E-state index < -0.39 is 5.92 Å². The van der Waals surface area contributed by atoms with Crippen LogP contribution in [0, 0.1) is 11.8 Å². The topological polar surface area (TPSA) is 97.8 Å². The van der Waals surface area contributed by atoms with Crippen LogP contribution in [-0.2, 0) is 36.7 Å². The quantitative estimate of drug-likeness (QED) is 0.274. The maximum absolute atomic E-state index is 13.9. The molecule has 3 heterocycles. The smallest absolute Gasteiger partial charge is 0.224 e. The van der Waals surface area contributed by atoms with Crippen molar-refractivity contribution in [2.45, 2.75) is 77.7 Å². The van der Waals surface area contributed by atoms with E-state index in [1.165, 1.54) is 5.56 Å². The third-order valence-electron chi connectivity index (χ3n) is 8.46. The molecule has 0 bridgehead atoms. The Bertz CT molecular complexity index is 1220. The van der Waals surface area contributed by atoms with Crippen LogP contribution in [0.25, 0.3) is 10.2 Å². The molecule has 2 atom stereocenters. The van der Waals surface area contributed by atoms with Gasteiger partial charge in [0.15, 0.2) is 5.78 Å². The van der Waals surface area contributed by atoms with Gasteiger partial charge in [-0.1, -0.05) is 26.5 Å². The number of benzene rings is 1. The number of ketones is 2. The van der Waals surface area contributed by atoms with Crippen LogP contribution in [0.4, 0.5) is 0 Å². The highest BCUT2D eigenvalue weighted by molar-refractivity contribution is 7.18. The highest BCUT2D eigenvalue weighted by Gasteiger charge is 2.30. The standard InChI is InChI=1S/C33H47N3O5S/c1-4-6-27(37)20-26(21-32-34-29-8-7-24(5-2)19-31(29)42-32)33(39)35-28(25-11-15-40-16-12-25)9-10-30(38)23(3)22-36-13-17-41-18-14-36/h7-8,19,25-26,28H,3-6,9-18,20-22H2,1-2H3,(H,35,39)/t26-,28+/m0/s1. The number of nitrogens with zero attached hydrogens (tertiary/aromatic N) is 2. The SMILES string of the molecule is C=C(CN1CCOCC1)C(=O)CC[C@@H](NC(=O)[C@@H](CC(=O)CCC)Cc1nc2ccc(CC)cc2s1)C1CCOCC1. The fraction of sp³-hybridized carbons (Fsp3) is 0.636. The van der Waals surface area contributed by atoms with Crippen LogP contribution >= 0.6 is 11.3 Å². The zero-order chi connectivity index (χ0) is 29.9. The Kier molecular flexibility index (Phi) is 12.7. The second kappa shape index (κ2) is 16.4. The number of morpholine rings is 1. The molecule has 8 nitrogen and oxygen atoms in total. The lowest BCUT2D eigenvalue weighted by molar-refractivity contribution is -0.130. The first-order valence-corrected chi connectivity index (χ1v) is 16.5. The van der Waals surface area contributed by atoms with Gasteiger partial charge in [0, 0.05) is 70.1 Å². The average molecular weight is 598 g/mol. The van der Waals surface area contributed by atoms with E-state index in [4.69, 9.17) is 14.5 Å². The second-order valence-electron chi connectivity index (χ2n) is 11.7. The maximum Gasteiger partial charge on any atom is 0.224 e. The molecule has 42 heavy (non-hydrogen) atoms. The number of thiazole rings is 1. The summed E-state index contributed by atoms with van der Waals surface area (Å²) in [6.07, 6.45) is 5.37. The fourth-order valence-corrected chi connectivity index (χ4v) is 6.98. The fourth-order valence-electron chi connectivity index (χ4n) is 5.87. The molecule has 1 aromatic heterocycles. The van der Waals surface area contributed by atoms with Crippen molar-refractivity contribution in [3.63, 3.8) is 0 Å². The maximum atomic E-state index is 13.9. The van der Waals surface area contributed by atoms with Crippen molar-refractivity contribution in [3.05, 3.63) is 40.9 Å². The summed E-state index contributed by atoms with van der Waals surface area (Å²) in [6, 6.07) is 6.14. The molecule has 2 fully saturated rings. The molecular weight excluding hydrogens is 550 g/mol. The summed E-state index contributed by atoms with van der Waals surface area (Å²) in [5, 5.41) is 4.18. The number of rotatable bonds is 16. The summed E-state index contributed by atoms with van der Waals surface area (Å²) in [7, 11) is 0. The summed E-state index contributed by atoms with van der Waals surface area (Å²) >= 11 is 1.61. The Labute approximate surface area is 254 Å². The van der Waals surface area contributed by atoms with Gasteiger partial charge in [0.1, 0.15) is 5.78 Å². The normalized spacial score (nSPS) is 18.0. The van der Waals surface area contributed by atoms with Crippen molar-refractivity contribution in [3.8, 4) is 0 Å². The lowest BCUT2D eigenvalue weighted by atomic mass is 9.86. The Balaban J connectivity index is 1.44. The average Bonchev–Trinajstić information content (AvgIpc) is 3.41. The van der Waals surface area contributed by atoms with Gasteiger partial charge in [-0.3, -0.25) is 19.3 Å². The molecule has 2 aliphatic heterocycles. The first-order valence-electron chi connectivity index (χ1n) is 15.7. The predicted octanol–water partition coefficient (Wildman–Crippen LogP) is 4.93. The Hall–Kier alpha value is -2.46. The summed E-state index contributed by atoms with van der Waals surface area (Å²) in [5.74, 6) is -0.244. The Morgan fingerprint density at radius 2 is 1.83 bits per heavy atom. The number of carbonyl (C=O) groups excluding carboxylic acids is 3. The number of Topliss-reactive ketones (excluding diaryl/α,β-unsaturated/α-hetero) is 2. The second-order valence-corrected chi connectivity index (χ2v) is 12.8. The van der Waals surface area contributed by atoms with Crippen LogP contribution < -0.4 is 5.32 Å². The molecule has 0 aliphatic carbocycles. The molecule has 4 rings (SSSR count). The third-order valence-corrected chi connectivity index (χ3v) is 9.50. The molecule has 1 amide bonds. The molecule has 0 spiro atoms. The molecule has 0 saturated carbocycles. The number of aromatic nitrogens is 1. The number of nitrogens with one attached hydrogen (secondary N) is 1. The molecule has 9 heteroatoms. The Morgan fingerprint density at radius 1 is 1.10 bits per heavy atom. The number of ether oxygens (including phenoxy) is 2. The molecule has 1 aromatic carbocycles. The largest absolute Gasteiger partial charge is 0.381 e. The third kappa shape index (κ3) is 9.53. The van der Waals surface area contributed by atoms with E-state index in [-0.39, 0.29) is 35.9 Å². The number of hydrogen-bond donors (Lipinski definition) is 1. The van der Waals surface area contributed by atoms with Gasteiger partial charge in [-0.2, -0.15) is 0 Å². The van der Waals surface area contributed by atoms with Crippen molar-refractivity contribution in [1.82, 2.24) is 15.2 Å². The minimum Gasteiger partial charge on any atom is -0.381 e. The molecule has 0 unspecified atom stereocenters. The molecular formula is C33H47N3O5S. The van der Waals surface area contributed by atoms with E-state index in [1.807, 2.05) is 13.0 Å². The molecule has 230 valence electrons. The Morgan fingerprint density at radius 3 is 2.55 bits per heavy atom. The van der Waals surface area contributed by atoms with Crippen molar-refractivity contribution < 1.29 is 23.9 Å². The highest BCUT2D eigenvalue weighted by atomic mass is 32.1. The lowest BCUT2D eigenvalue weighted by Crippen LogP contribution is -2.46. The highest BCUT2D eigenvalue weighted by Crippen LogP contribution is 2.28. The van der Waals surface area contributed by atoms with Crippen LogP contribution in [0.2, 0.25) is 0 Å². The van der Waals surface area contributed by atoms with Gasteiger partial charge >= 0.3 is 0 Å². The van der Waals surface area contributed by atoms with Crippen LogP contribution in [0.5, 0.6) is 0 Å². The number of aryl methyl sites for hydroxylation is 1. The van der Waals surface area contributed by atoms with Gasteiger partial charge in [0.2, 0.25) is 5.91 Å². The predicted molar refractivity (Wildman–Crippen MR) is 167 cm³/mol. The zero-order valence-electron chi connectivity index (χ0n) is 25.3. The van der Waals surface area contributed by atoms with E-state index in [0.717, 1.165) is 54.0 Å². The van der Waals surface area contributed by atoms with Gasteiger partial charge in [-0.15, -0.1) is 11.3 Å². The van der Waals surface area contributed by atoms with Crippen LogP contribution in [-0.4, -0.2) is 79.5 Å². The summed E-state index contributed by atoms with van der Waals surface area (Å²) in [6.45, 7) is 13.0. The van der Waals surface area contributed by atoms with E-state index in [1.54, 1.807) is 11.3 Å². The van der Waals surface area contributed by atoms with Gasteiger partial charge < -0.3 is 14.8 Å². The van der Waals surface area contributed by atoms with Crippen molar-refractivity contribution in [2.75, 3.05) is 46.1 Å². The van der Waals surface area contributed by atoms with Crippen molar-refractivity contribution in [2.24, 2.45) is 11.8 Å². The summed E-state index contributed by atoms with van der Waals surface area (Å²) < 4.78 is 12.1. The van der Waals surface area contributed by atoms with E-state index >= 15 is 0 Å². The number of fused-ring (bicyclic) bond motifs is 1. The minimum atomic E-state index is -0.496. The van der Waals surface area contributed by atoms with E-state index in [0.29, 0.717) is 64.2 Å². The monoisotopic (exact) mass is 597 g/mol. The van der Waals surface area contributed by atoms with Crippen LogP contribution in [0.3, 0.4) is 0 Å². The van der Waals surface area contributed by atoms with Gasteiger partial charge in [-0.05, 0) is 55.7 Å². The molecule has 2 saturated heterocycles.